The number of nitrogens with zero attached hydrogens (tertiary/aromatic N) is 1. The number of pyridine rings is 1. The van der Waals surface area contributed by atoms with E-state index in [4.69, 9.17) is 27.9 Å². The lowest BCUT2D eigenvalue weighted by molar-refractivity contribution is 0.293. The molecule has 1 rings (SSSR count). The lowest BCUT2D eigenvalue weighted by Gasteiger charge is -2.07. The Hall–Kier alpha value is -0.470. The number of aromatic nitrogens is 1. The van der Waals surface area contributed by atoms with Crippen molar-refractivity contribution in [3.8, 4) is 5.88 Å². The summed E-state index contributed by atoms with van der Waals surface area (Å²) in [6, 6.07) is 1.81. The number of halogens is 2. The molecular formula is C13H19Cl2NO. The van der Waals surface area contributed by atoms with Gasteiger partial charge in [-0.2, -0.15) is 0 Å². The summed E-state index contributed by atoms with van der Waals surface area (Å²) in [5.74, 6) is 0.995. The van der Waals surface area contributed by atoms with Crippen molar-refractivity contribution < 1.29 is 4.74 Å². The van der Waals surface area contributed by atoms with Crippen LogP contribution < -0.4 is 4.74 Å². The molecule has 0 aliphatic rings. The molecule has 0 amide bonds. The van der Waals surface area contributed by atoms with Crippen LogP contribution in [0.15, 0.2) is 12.3 Å². The van der Waals surface area contributed by atoms with Crippen LogP contribution in [0.3, 0.4) is 0 Å². The lowest BCUT2D eigenvalue weighted by atomic mass is 10.2. The molecule has 17 heavy (non-hydrogen) atoms. The Morgan fingerprint density at radius 2 is 2.00 bits per heavy atom. The highest BCUT2D eigenvalue weighted by atomic mass is 35.5. The minimum absolute atomic E-state index is 0.383. The Morgan fingerprint density at radius 1 is 1.24 bits per heavy atom. The largest absolute Gasteiger partial charge is 0.478 e. The molecule has 1 aromatic heterocycles. The number of alkyl halides is 1. The van der Waals surface area contributed by atoms with Crippen molar-refractivity contribution in [1.29, 1.82) is 0 Å². The summed E-state index contributed by atoms with van der Waals surface area (Å²) in [4.78, 5) is 4.11. The average molecular weight is 276 g/mol. The summed E-state index contributed by atoms with van der Waals surface area (Å²) in [6.07, 6.45) is 7.71. The van der Waals surface area contributed by atoms with Gasteiger partial charge in [0.05, 0.1) is 11.6 Å². The van der Waals surface area contributed by atoms with Crippen LogP contribution in [0.5, 0.6) is 5.88 Å². The first kappa shape index (κ1) is 14.6. The van der Waals surface area contributed by atoms with Crippen molar-refractivity contribution in [3.63, 3.8) is 0 Å². The molecule has 0 bridgehead atoms. The van der Waals surface area contributed by atoms with E-state index < -0.39 is 0 Å². The third-order valence-corrected chi connectivity index (χ3v) is 3.18. The molecule has 0 saturated carbocycles. The van der Waals surface area contributed by atoms with E-state index in [0.717, 1.165) is 12.0 Å². The normalized spacial score (nSPS) is 10.5. The van der Waals surface area contributed by atoms with Crippen LogP contribution in [0.1, 0.15) is 44.6 Å². The highest BCUT2D eigenvalue weighted by Crippen LogP contribution is 2.21. The van der Waals surface area contributed by atoms with Gasteiger partial charge in [-0.15, -0.1) is 11.6 Å². The monoisotopic (exact) mass is 275 g/mol. The van der Waals surface area contributed by atoms with Crippen molar-refractivity contribution >= 4 is 23.2 Å². The predicted molar refractivity (Wildman–Crippen MR) is 73.1 cm³/mol. The van der Waals surface area contributed by atoms with Crippen molar-refractivity contribution in [2.45, 2.75) is 44.9 Å². The summed E-state index contributed by atoms with van der Waals surface area (Å²) < 4.78 is 5.56. The van der Waals surface area contributed by atoms with E-state index in [9.17, 15) is 0 Å². The summed E-state index contributed by atoms with van der Waals surface area (Å²) in [7, 11) is 0. The van der Waals surface area contributed by atoms with Crippen molar-refractivity contribution in [2.75, 3.05) is 6.61 Å². The minimum atomic E-state index is 0.383. The smallest absolute Gasteiger partial charge is 0.213 e. The van der Waals surface area contributed by atoms with Crippen LogP contribution in [-0.2, 0) is 5.88 Å². The van der Waals surface area contributed by atoms with Crippen LogP contribution >= 0.6 is 23.2 Å². The second kappa shape index (κ2) is 8.60. The van der Waals surface area contributed by atoms with Crippen LogP contribution in [0.4, 0.5) is 0 Å². The van der Waals surface area contributed by atoms with E-state index in [1.807, 2.05) is 0 Å². The quantitative estimate of drug-likeness (QED) is 0.501. The zero-order valence-electron chi connectivity index (χ0n) is 10.2. The lowest BCUT2D eigenvalue weighted by Crippen LogP contribution is -1.99. The fourth-order valence-electron chi connectivity index (χ4n) is 1.52. The Balaban J connectivity index is 2.27. The molecule has 0 fully saturated rings. The standard InChI is InChI=1S/C13H19Cl2NO/c1-2-3-4-5-6-7-17-13-8-11(9-14)12(15)10-16-13/h8,10H,2-7,9H2,1H3. The fourth-order valence-corrected chi connectivity index (χ4v) is 1.98. The van der Waals surface area contributed by atoms with E-state index in [-0.39, 0.29) is 0 Å². The first-order chi connectivity index (χ1) is 8.27. The fraction of sp³-hybridized carbons (Fsp3) is 0.615. The van der Waals surface area contributed by atoms with Gasteiger partial charge in [-0.05, 0) is 12.0 Å². The molecular weight excluding hydrogens is 257 g/mol. The molecule has 1 heterocycles. The van der Waals surface area contributed by atoms with Crippen molar-refractivity contribution in [3.05, 3.63) is 22.8 Å². The molecule has 0 radical (unpaired) electrons. The van der Waals surface area contributed by atoms with E-state index in [1.165, 1.54) is 25.7 Å². The van der Waals surface area contributed by atoms with E-state index >= 15 is 0 Å². The highest BCUT2D eigenvalue weighted by molar-refractivity contribution is 6.32. The maximum absolute atomic E-state index is 5.91. The number of hydrogen-bond acceptors (Lipinski definition) is 2. The average Bonchev–Trinajstić information content (AvgIpc) is 2.35. The molecule has 2 nitrogen and oxygen atoms in total. The van der Waals surface area contributed by atoms with Gasteiger partial charge < -0.3 is 4.74 Å². The number of hydrogen-bond donors (Lipinski definition) is 0. The zero-order valence-corrected chi connectivity index (χ0v) is 11.7. The van der Waals surface area contributed by atoms with E-state index in [0.29, 0.717) is 23.4 Å². The molecule has 0 aromatic carbocycles. The maximum atomic E-state index is 5.91. The molecule has 0 saturated heterocycles. The molecule has 4 heteroatoms. The second-order valence-corrected chi connectivity index (χ2v) is 4.68. The molecule has 1 aromatic rings. The van der Waals surface area contributed by atoms with Gasteiger partial charge in [0.25, 0.3) is 0 Å². The summed E-state index contributed by atoms with van der Waals surface area (Å²) in [5, 5.41) is 0.593. The molecule has 0 aliphatic heterocycles. The topological polar surface area (TPSA) is 22.1 Å². The first-order valence-corrected chi connectivity index (χ1v) is 7.02. The number of ether oxygens (including phenoxy) is 1. The molecule has 96 valence electrons. The van der Waals surface area contributed by atoms with Gasteiger partial charge in [0.15, 0.2) is 0 Å². The van der Waals surface area contributed by atoms with E-state index in [2.05, 4.69) is 11.9 Å². The van der Waals surface area contributed by atoms with Gasteiger partial charge in [0.1, 0.15) is 0 Å². The molecule has 0 N–H and O–H groups in total. The van der Waals surface area contributed by atoms with Gasteiger partial charge in [0, 0.05) is 18.1 Å². The van der Waals surface area contributed by atoms with Crippen LogP contribution in [0.2, 0.25) is 5.02 Å². The highest BCUT2D eigenvalue weighted by Gasteiger charge is 2.03. The van der Waals surface area contributed by atoms with Gasteiger partial charge in [-0.1, -0.05) is 44.2 Å². The summed E-state index contributed by atoms with van der Waals surface area (Å²) in [6.45, 7) is 2.92. The molecule has 0 atom stereocenters. The Kier molecular flexibility index (Phi) is 7.38. The minimum Gasteiger partial charge on any atom is -0.478 e. The third kappa shape index (κ3) is 5.60. The van der Waals surface area contributed by atoms with Gasteiger partial charge in [-0.3, -0.25) is 0 Å². The predicted octanol–water partition coefficient (Wildman–Crippen LogP) is 4.82. The van der Waals surface area contributed by atoms with Crippen molar-refractivity contribution in [1.82, 2.24) is 4.98 Å². The van der Waals surface area contributed by atoms with Crippen LogP contribution in [0.25, 0.3) is 0 Å². The molecule has 0 unspecified atom stereocenters. The number of rotatable bonds is 8. The van der Waals surface area contributed by atoms with Crippen molar-refractivity contribution in [2.24, 2.45) is 0 Å². The van der Waals surface area contributed by atoms with Gasteiger partial charge in [-0.25, -0.2) is 4.98 Å². The Bertz CT molecular complexity index is 331. The van der Waals surface area contributed by atoms with Crippen LogP contribution in [-0.4, -0.2) is 11.6 Å². The molecule has 0 aliphatic carbocycles. The van der Waals surface area contributed by atoms with Crippen LogP contribution in [0, 0.1) is 0 Å². The van der Waals surface area contributed by atoms with Gasteiger partial charge >= 0.3 is 0 Å². The Labute approximate surface area is 113 Å². The number of unbranched alkanes of at least 4 members (excludes halogenated alkanes) is 4. The Morgan fingerprint density at radius 3 is 2.71 bits per heavy atom. The zero-order chi connectivity index (χ0) is 12.5. The van der Waals surface area contributed by atoms with Gasteiger partial charge in [0.2, 0.25) is 5.88 Å². The summed E-state index contributed by atoms with van der Waals surface area (Å²) in [5.41, 5.74) is 0.865. The maximum Gasteiger partial charge on any atom is 0.213 e. The third-order valence-electron chi connectivity index (χ3n) is 2.55. The second-order valence-electron chi connectivity index (χ2n) is 4.01. The first-order valence-electron chi connectivity index (χ1n) is 6.11. The summed E-state index contributed by atoms with van der Waals surface area (Å²) >= 11 is 11.7. The SMILES string of the molecule is CCCCCCCOc1cc(CCl)c(Cl)cn1. The van der Waals surface area contributed by atoms with E-state index in [1.54, 1.807) is 12.3 Å². The molecule has 0 spiro atoms.